The van der Waals surface area contributed by atoms with Gasteiger partial charge in [-0.05, 0) is 23.8 Å². The zero-order valence-electron chi connectivity index (χ0n) is 12.0. The Kier molecular flexibility index (Phi) is 4.63. The molecule has 114 valence electrons. The number of nitrogens with zero attached hydrogens (tertiary/aromatic N) is 2. The van der Waals surface area contributed by atoms with Crippen LogP contribution in [0.3, 0.4) is 0 Å². The van der Waals surface area contributed by atoms with Crippen LogP contribution in [0, 0.1) is 0 Å². The van der Waals surface area contributed by atoms with Crippen molar-refractivity contribution in [3.63, 3.8) is 0 Å². The van der Waals surface area contributed by atoms with E-state index in [-0.39, 0.29) is 5.91 Å². The number of amides is 1. The molecule has 0 bridgehead atoms. The highest BCUT2D eigenvalue weighted by molar-refractivity contribution is 9.10. The zero-order valence-corrected chi connectivity index (χ0v) is 13.6. The van der Waals surface area contributed by atoms with Crippen LogP contribution < -0.4 is 5.43 Å². The maximum absolute atomic E-state index is 12.0. The third-order valence-corrected chi connectivity index (χ3v) is 3.67. The van der Waals surface area contributed by atoms with Gasteiger partial charge in [-0.15, -0.1) is 0 Å². The van der Waals surface area contributed by atoms with E-state index in [0.717, 1.165) is 15.6 Å². The second-order valence-electron chi connectivity index (χ2n) is 4.78. The Hall–Kier alpha value is -2.73. The molecule has 23 heavy (non-hydrogen) atoms. The lowest BCUT2D eigenvalue weighted by molar-refractivity contribution is 0.0950. The molecule has 3 aromatic rings. The molecule has 1 aromatic heterocycles. The van der Waals surface area contributed by atoms with Crippen molar-refractivity contribution in [2.75, 3.05) is 0 Å². The molecule has 5 nitrogen and oxygen atoms in total. The van der Waals surface area contributed by atoms with Crippen molar-refractivity contribution in [3.05, 3.63) is 76.4 Å². The van der Waals surface area contributed by atoms with Gasteiger partial charge < -0.3 is 0 Å². The summed E-state index contributed by atoms with van der Waals surface area (Å²) >= 11 is 3.36. The van der Waals surface area contributed by atoms with Gasteiger partial charge >= 0.3 is 0 Å². The number of halogens is 1. The van der Waals surface area contributed by atoms with Crippen LogP contribution in [0.5, 0.6) is 0 Å². The standard InChI is InChI=1S/C17H13BrN4O/c18-14-8-6-12(7-9-14)11-19-22-17(23)16-10-15(20-21-16)13-4-2-1-3-5-13/h1-11H,(H,20,21)(H,22,23). The first-order valence-corrected chi connectivity index (χ1v) is 7.71. The number of hydrogen-bond donors (Lipinski definition) is 2. The van der Waals surface area contributed by atoms with Crippen LogP contribution >= 0.6 is 15.9 Å². The number of aromatic nitrogens is 2. The molecule has 0 spiro atoms. The molecule has 0 unspecified atom stereocenters. The van der Waals surface area contributed by atoms with E-state index >= 15 is 0 Å². The lowest BCUT2D eigenvalue weighted by atomic mass is 10.1. The summed E-state index contributed by atoms with van der Waals surface area (Å²) in [6, 6.07) is 18.9. The minimum absolute atomic E-state index is 0.340. The Morgan fingerprint density at radius 2 is 1.87 bits per heavy atom. The lowest BCUT2D eigenvalue weighted by Crippen LogP contribution is -2.17. The Bertz CT molecular complexity index is 825. The van der Waals surface area contributed by atoms with Crippen molar-refractivity contribution in [2.45, 2.75) is 0 Å². The summed E-state index contributed by atoms with van der Waals surface area (Å²) in [7, 11) is 0. The van der Waals surface area contributed by atoms with E-state index in [1.807, 2.05) is 54.6 Å². The second-order valence-corrected chi connectivity index (χ2v) is 5.70. The highest BCUT2D eigenvalue weighted by Crippen LogP contribution is 2.16. The van der Waals surface area contributed by atoms with Gasteiger partial charge in [-0.1, -0.05) is 58.4 Å². The molecule has 0 aliphatic rings. The molecular weight excluding hydrogens is 356 g/mol. The fourth-order valence-corrected chi connectivity index (χ4v) is 2.23. The van der Waals surface area contributed by atoms with Crippen molar-refractivity contribution >= 4 is 28.1 Å². The molecule has 6 heteroatoms. The molecule has 0 saturated carbocycles. The quantitative estimate of drug-likeness (QED) is 0.545. The average Bonchev–Trinajstić information content (AvgIpc) is 3.07. The number of aromatic amines is 1. The van der Waals surface area contributed by atoms with Gasteiger partial charge in [0.2, 0.25) is 0 Å². The highest BCUT2D eigenvalue weighted by atomic mass is 79.9. The topological polar surface area (TPSA) is 70.1 Å². The van der Waals surface area contributed by atoms with Crippen LogP contribution in [0.2, 0.25) is 0 Å². The fourth-order valence-electron chi connectivity index (χ4n) is 1.97. The molecule has 1 heterocycles. The van der Waals surface area contributed by atoms with Crippen molar-refractivity contribution < 1.29 is 4.79 Å². The van der Waals surface area contributed by atoms with Crippen molar-refractivity contribution in [3.8, 4) is 11.3 Å². The average molecular weight is 369 g/mol. The molecule has 2 aromatic carbocycles. The van der Waals surface area contributed by atoms with Crippen LogP contribution in [0.25, 0.3) is 11.3 Å². The Morgan fingerprint density at radius 3 is 2.61 bits per heavy atom. The number of nitrogens with one attached hydrogen (secondary N) is 2. The van der Waals surface area contributed by atoms with Crippen LogP contribution in [-0.2, 0) is 0 Å². The van der Waals surface area contributed by atoms with Gasteiger partial charge in [0.1, 0.15) is 5.69 Å². The molecule has 0 saturated heterocycles. The van der Waals surface area contributed by atoms with Gasteiger partial charge in [0.05, 0.1) is 11.9 Å². The SMILES string of the molecule is O=C(NN=Cc1ccc(Br)cc1)c1cc(-c2ccccc2)n[nH]1. The monoisotopic (exact) mass is 368 g/mol. The van der Waals surface area contributed by atoms with E-state index in [2.05, 4.69) is 36.7 Å². The van der Waals surface area contributed by atoms with E-state index in [9.17, 15) is 4.79 Å². The summed E-state index contributed by atoms with van der Waals surface area (Å²) in [6.07, 6.45) is 1.58. The molecule has 0 aliphatic carbocycles. The number of carbonyl (C=O) groups is 1. The van der Waals surface area contributed by atoms with E-state index in [1.165, 1.54) is 0 Å². The van der Waals surface area contributed by atoms with Gasteiger partial charge in [-0.2, -0.15) is 10.2 Å². The third kappa shape index (κ3) is 3.92. The minimum atomic E-state index is -0.340. The Balaban J connectivity index is 1.65. The number of rotatable bonds is 4. The first-order valence-electron chi connectivity index (χ1n) is 6.92. The van der Waals surface area contributed by atoms with Crippen molar-refractivity contribution in [1.82, 2.24) is 15.6 Å². The fraction of sp³-hybridized carbons (Fsp3) is 0. The number of H-pyrrole nitrogens is 1. The van der Waals surface area contributed by atoms with Crippen LogP contribution in [0.15, 0.2) is 70.2 Å². The maximum atomic E-state index is 12.0. The number of hydrazone groups is 1. The first kappa shape index (κ1) is 15.2. The second kappa shape index (κ2) is 7.02. The highest BCUT2D eigenvalue weighted by Gasteiger charge is 2.09. The van der Waals surface area contributed by atoms with Crippen molar-refractivity contribution in [1.29, 1.82) is 0 Å². The van der Waals surface area contributed by atoms with Gasteiger partial charge in [0, 0.05) is 10.0 Å². The number of hydrogen-bond acceptors (Lipinski definition) is 3. The smallest absolute Gasteiger partial charge is 0.272 e. The van der Waals surface area contributed by atoms with E-state index < -0.39 is 0 Å². The molecule has 0 aliphatic heterocycles. The summed E-state index contributed by atoms with van der Waals surface area (Å²) in [5.74, 6) is -0.340. The van der Waals surface area contributed by atoms with Gasteiger partial charge in [0.15, 0.2) is 0 Å². The molecule has 1 amide bonds. The van der Waals surface area contributed by atoms with Crippen LogP contribution in [0.1, 0.15) is 16.1 Å². The Morgan fingerprint density at radius 1 is 1.13 bits per heavy atom. The van der Waals surface area contributed by atoms with E-state index in [1.54, 1.807) is 12.3 Å². The number of carbonyl (C=O) groups excluding carboxylic acids is 1. The summed E-state index contributed by atoms with van der Waals surface area (Å²) < 4.78 is 0.990. The molecule has 0 radical (unpaired) electrons. The van der Waals surface area contributed by atoms with Crippen molar-refractivity contribution in [2.24, 2.45) is 5.10 Å². The largest absolute Gasteiger partial charge is 0.289 e. The normalized spacial score (nSPS) is 10.8. The summed E-state index contributed by atoms with van der Waals surface area (Å²) in [5, 5.41) is 10.8. The van der Waals surface area contributed by atoms with Gasteiger partial charge in [0.25, 0.3) is 5.91 Å². The third-order valence-electron chi connectivity index (χ3n) is 3.14. The van der Waals surface area contributed by atoms with Crippen LogP contribution in [-0.4, -0.2) is 22.3 Å². The van der Waals surface area contributed by atoms with Gasteiger partial charge in [-0.3, -0.25) is 9.89 Å². The lowest BCUT2D eigenvalue weighted by Gasteiger charge is -1.96. The summed E-state index contributed by atoms with van der Waals surface area (Å²) in [5.41, 5.74) is 5.39. The predicted octanol–water partition coefficient (Wildman–Crippen LogP) is 3.60. The van der Waals surface area contributed by atoms with Crippen LogP contribution in [0.4, 0.5) is 0 Å². The summed E-state index contributed by atoms with van der Waals surface area (Å²) in [6.45, 7) is 0. The predicted molar refractivity (Wildman–Crippen MR) is 93.2 cm³/mol. The Labute approximate surface area is 141 Å². The van der Waals surface area contributed by atoms with E-state index in [4.69, 9.17) is 0 Å². The zero-order chi connectivity index (χ0) is 16.1. The number of benzene rings is 2. The molecule has 0 fully saturated rings. The first-order chi connectivity index (χ1) is 11.2. The molecular formula is C17H13BrN4O. The molecule has 0 atom stereocenters. The van der Waals surface area contributed by atoms with Gasteiger partial charge in [-0.25, -0.2) is 5.43 Å². The molecule has 3 rings (SSSR count). The van der Waals surface area contributed by atoms with E-state index in [0.29, 0.717) is 11.4 Å². The minimum Gasteiger partial charge on any atom is -0.272 e. The molecule has 2 N–H and O–H groups in total. The maximum Gasteiger partial charge on any atom is 0.289 e. The summed E-state index contributed by atoms with van der Waals surface area (Å²) in [4.78, 5) is 12.0.